The highest BCUT2D eigenvalue weighted by molar-refractivity contribution is 7.92. The summed E-state index contributed by atoms with van der Waals surface area (Å²) in [6.07, 6.45) is -5.51. The highest BCUT2D eigenvalue weighted by Gasteiger charge is 2.43. The normalized spacial score (nSPS) is 13.5. The third kappa shape index (κ3) is 6.34. The summed E-state index contributed by atoms with van der Waals surface area (Å²) in [5, 5.41) is 18.3. The summed E-state index contributed by atoms with van der Waals surface area (Å²) in [7, 11) is -9.60. The molecule has 0 saturated heterocycles. The minimum absolute atomic E-state index is 0.0395. The van der Waals surface area contributed by atoms with Gasteiger partial charge in [0.05, 0.1) is 11.9 Å². The molecule has 0 saturated carbocycles. The van der Waals surface area contributed by atoms with Crippen molar-refractivity contribution < 1.29 is 40.3 Å². The largest absolute Gasteiger partial charge is 0.490 e. The third-order valence-electron chi connectivity index (χ3n) is 4.48. The van der Waals surface area contributed by atoms with E-state index >= 15 is 0 Å². The Balaban J connectivity index is 2.00. The molecule has 16 heteroatoms. The number of nitriles is 1. The first-order chi connectivity index (χ1) is 16.9. The average Bonchev–Trinajstić information content (AvgIpc) is 3.22. The van der Waals surface area contributed by atoms with Crippen molar-refractivity contribution in [3.05, 3.63) is 53.6 Å². The van der Waals surface area contributed by atoms with Crippen LogP contribution in [-0.4, -0.2) is 39.1 Å². The molecule has 0 spiro atoms. The first-order valence-corrected chi connectivity index (χ1v) is 13.9. The number of thiophene rings is 1. The fourth-order valence-corrected chi connectivity index (χ4v) is 7.34. The molecule has 0 amide bonds. The zero-order valence-corrected chi connectivity index (χ0v) is 20.6. The second-order valence-electron chi connectivity index (χ2n) is 6.98. The van der Waals surface area contributed by atoms with E-state index in [0.717, 1.165) is 6.34 Å². The number of nitrogens with one attached hydrogen (secondary N) is 3. The maximum atomic E-state index is 14.1. The van der Waals surface area contributed by atoms with E-state index in [9.17, 15) is 36.3 Å². The van der Waals surface area contributed by atoms with Crippen LogP contribution < -0.4 is 19.3 Å². The molecule has 10 nitrogen and oxygen atoms in total. The van der Waals surface area contributed by atoms with Gasteiger partial charge in [-0.2, -0.15) is 23.2 Å². The summed E-state index contributed by atoms with van der Waals surface area (Å²) >= 11 is 0.251. The van der Waals surface area contributed by atoms with E-state index in [2.05, 4.69) is 5.32 Å². The fraction of sp³-hybridized carbons (Fsp3) is 0.200. The first kappa shape index (κ1) is 27.4. The van der Waals surface area contributed by atoms with Crippen molar-refractivity contribution in [2.24, 2.45) is 0 Å². The molecule has 1 unspecified atom stereocenters. The molecule has 36 heavy (non-hydrogen) atoms. The number of hydrogen-bond acceptors (Lipinski definition) is 8. The van der Waals surface area contributed by atoms with Gasteiger partial charge >= 0.3 is 13.8 Å². The third-order valence-corrected chi connectivity index (χ3v) is 8.82. The van der Waals surface area contributed by atoms with Crippen LogP contribution in [0.5, 0.6) is 11.5 Å². The van der Waals surface area contributed by atoms with Gasteiger partial charge in [0.15, 0.2) is 0 Å². The average molecular weight is 562 g/mol. The zero-order chi connectivity index (χ0) is 26.6. The van der Waals surface area contributed by atoms with E-state index in [1.54, 1.807) is 16.9 Å². The molecule has 0 fully saturated rings. The van der Waals surface area contributed by atoms with Gasteiger partial charge in [0, 0.05) is 16.6 Å². The number of fused-ring (bicyclic) bond motifs is 1. The summed E-state index contributed by atoms with van der Waals surface area (Å²) in [4.78, 5) is 10.00. The molecule has 192 valence electrons. The number of nitrogens with zero attached hydrogens (tertiary/aromatic N) is 1. The Morgan fingerprint density at radius 1 is 1.22 bits per heavy atom. The number of para-hydroxylation sites is 1. The van der Waals surface area contributed by atoms with Crippen LogP contribution in [0.4, 0.5) is 13.2 Å². The SMILES string of the molecule is N#Cc1c(OCCNC=N)ccc2sc(S(=O)(=O)NCP(=O)(O)Oc3ccccc3)c(C(F)(F)F)c12. The van der Waals surface area contributed by atoms with Crippen LogP contribution in [0.3, 0.4) is 0 Å². The number of benzene rings is 2. The maximum absolute atomic E-state index is 14.1. The molecule has 1 aromatic heterocycles. The molecular formula is C20H18F3N4O6PS2. The number of rotatable bonds is 11. The molecule has 3 aromatic rings. The molecule has 2 aromatic carbocycles. The Morgan fingerprint density at radius 3 is 2.53 bits per heavy atom. The van der Waals surface area contributed by atoms with E-state index in [4.69, 9.17) is 14.7 Å². The lowest BCUT2D eigenvalue weighted by Crippen LogP contribution is -2.27. The van der Waals surface area contributed by atoms with Crippen LogP contribution in [0.15, 0.2) is 46.7 Å². The molecule has 0 bridgehead atoms. The van der Waals surface area contributed by atoms with Gasteiger partial charge in [-0.1, -0.05) is 18.2 Å². The number of halogens is 3. The van der Waals surface area contributed by atoms with Gasteiger partial charge in [-0.15, -0.1) is 11.3 Å². The molecular weight excluding hydrogens is 544 g/mol. The lowest BCUT2D eigenvalue weighted by molar-refractivity contribution is -0.138. The Kier molecular flexibility index (Phi) is 8.27. The van der Waals surface area contributed by atoms with Gasteiger partial charge < -0.3 is 19.5 Å². The Labute approximate surface area is 207 Å². The van der Waals surface area contributed by atoms with E-state index in [0.29, 0.717) is 0 Å². The number of sulfonamides is 1. The Hall–Kier alpha value is -3.15. The zero-order valence-electron chi connectivity index (χ0n) is 18.1. The van der Waals surface area contributed by atoms with Gasteiger partial charge in [-0.05, 0) is 24.3 Å². The standard InChI is InChI=1S/C20H18F3N4O6PS2/c21-20(22,23)18-17-14(10-24)15(32-9-8-26-11-25)6-7-16(17)35-19(18)36(30,31)27-12-34(28,29)33-13-4-2-1-3-5-13/h1-7,11,27H,8-9,12H2,(H2,25,26)(H,28,29). The second kappa shape index (κ2) is 10.9. The van der Waals surface area contributed by atoms with Crippen LogP contribution in [0.25, 0.3) is 10.1 Å². The van der Waals surface area contributed by atoms with Crippen LogP contribution in [-0.2, 0) is 20.8 Å². The van der Waals surface area contributed by atoms with E-state index in [1.165, 1.54) is 36.4 Å². The predicted octanol–water partition coefficient (Wildman–Crippen LogP) is 3.87. The Morgan fingerprint density at radius 2 is 1.92 bits per heavy atom. The van der Waals surface area contributed by atoms with Gasteiger partial charge in [0.1, 0.15) is 40.2 Å². The summed E-state index contributed by atoms with van der Waals surface area (Å²) in [6.45, 7) is 0.0545. The predicted molar refractivity (Wildman–Crippen MR) is 126 cm³/mol. The monoisotopic (exact) mass is 562 g/mol. The minimum atomic E-state index is -5.20. The highest BCUT2D eigenvalue weighted by Crippen LogP contribution is 2.48. The highest BCUT2D eigenvalue weighted by atomic mass is 32.2. The number of hydrogen-bond donors (Lipinski definition) is 4. The summed E-state index contributed by atoms with van der Waals surface area (Å²) < 4.78 is 91.0. The van der Waals surface area contributed by atoms with Gasteiger partial charge in [0.25, 0.3) is 10.0 Å². The lowest BCUT2D eigenvalue weighted by atomic mass is 10.1. The lowest BCUT2D eigenvalue weighted by Gasteiger charge is -2.15. The van der Waals surface area contributed by atoms with Crippen LogP contribution in [0.2, 0.25) is 0 Å². The van der Waals surface area contributed by atoms with Crippen LogP contribution >= 0.6 is 18.9 Å². The molecule has 4 N–H and O–H groups in total. The maximum Gasteiger partial charge on any atom is 0.419 e. The van der Waals surface area contributed by atoms with Gasteiger partial charge in [-0.25, -0.2) is 13.0 Å². The fourth-order valence-electron chi connectivity index (χ4n) is 3.03. The van der Waals surface area contributed by atoms with Crippen molar-refractivity contribution >= 4 is 45.4 Å². The molecule has 0 aliphatic heterocycles. The van der Waals surface area contributed by atoms with Crippen molar-refractivity contribution in [3.8, 4) is 17.6 Å². The van der Waals surface area contributed by atoms with Crippen LogP contribution in [0, 0.1) is 16.7 Å². The summed E-state index contributed by atoms with van der Waals surface area (Å²) in [6, 6.07) is 11.4. The van der Waals surface area contributed by atoms with E-state index in [1.807, 2.05) is 0 Å². The topological polar surface area (TPSA) is 162 Å². The molecule has 0 aliphatic carbocycles. The van der Waals surface area contributed by atoms with Crippen molar-refractivity contribution in [1.29, 1.82) is 10.7 Å². The molecule has 1 heterocycles. The van der Waals surface area contributed by atoms with E-state index < -0.39 is 50.8 Å². The molecule has 0 aliphatic rings. The van der Waals surface area contributed by atoms with Crippen LogP contribution in [0.1, 0.15) is 11.1 Å². The summed E-state index contributed by atoms with van der Waals surface area (Å²) in [5.74, 6) is -0.240. The van der Waals surface area contributed by atoms with Crippen molar-refractivity contribution in [1.82, 2.24) is 10.0 Å². The quantitative estimate of drug-likeness (QED) is 0.119. The van der Waals surface area contributed by atoms with Gasteiger partial charge in [-0.3, -0.25) is 5.41 Å². The summed E-state index contributed by atoms with van der Waals surface area (Å²) in [5.41, 5.74) is -2.11. The van der Waals surface area contributed by atoms with E-state index in [-0.39, 0.29) is 40.7 Å². The Bertz CT molecular complexity index is 1460. The molecule has 3 rings (SSSR count). The smallest absolute Gasteiger partial charge is 0.419 e. The van der Waals surface area contributed by atoms with Gasteiger partial charge in [0.2, 0.25) is 0 Å². The first-order valence-electron chi connectivity index (χ1n) is 9.87. The van der Waals surface area contributed by atoms with Crippen molar-refractivity contribution in [2.45, 2.75) is 10.4 Å². The van der Waals surface area contributed by atoms with Crippen molar-refractivity contribution in [3.63, 3.8) is 0 Å². The second-order valence-corrected chi connectivity index (χ2v) is 11.8. The number of alkyl halides is 3. The number of ether oxygens (including phenoxy) is 1. The molecule has 1 atom stereocenters. The van der Waals surface area contributed by atoms with Crippen molar-refractivity contribution in [2.75, 3.05) is 19.4 Å². The minimum Gasteiger partial charge on any atom is -0.490 e. The molecule has 0 radical (unpaired) electrons.